The first-order valence-corrected chi connectivity index (χ1v) is 13.3. The minimum absolute atomic E-state index is 0.151. The zero-order chi connectivity index (χ0) is 30.8. The standard InChI is InChI=1S/C29H34N6O7/c1-17(2)25(34-26(39)19-7-11-21(12-8-19)35-23(37)13-14-24(35)38)28(41)33-22(4-3-15-31-29(30)42)27(40)32-20-9-5-18(16-36)6-10-20/h5-14,17,22,25,36H,3-4,15-16H2,1-2H3,(H,32,40)(H,33,41)(H,34,39)(H3,30,31,42)/t22-,25-/m0/s1. The maximum atomic E-state index is 13.3. The van der Waals surface area contributed by atoms with Gasteiger partial charge >= 0.3 is 6.03 Å². The molecule has 7 amide bonds. The average molecular weight is 579 g/mol. The number of urea groups is 1. The quantitative estimate of drug-likeness (QED) is 0.150. The number of carbonyl (C=O) groups is 6. The normalized spacial score (nSPS) is 14.0. The largest absolute Gasteiger partial charge is 0.392 e. The molecule has 0 saturated carbocycles. The molecule has 7 N–H and O–H groups in total. The van der Waals surface area contributed by atoms with Crippen molar-refractivity contribution < 1.29 is 33.9 Å². The predicted octanol–water partition coefficient (Wildman–Crippen LogP) is 0.935. The van der Waals surface area contributed by atoms with Crippen LogP contribution in [-0.2, 0) is 25.8 Å². The van der Waals surface area contributed by atoms with Crippen molar-refractivity contribution >= 4 is 46.9 Å². The molecule has 0 saturated heterocycles. The Morgan fingerprint density at radius 2 is 1.50 bits per heavy atom. The molecule has 2 atom stereocenters. The molecular formula is C29H34N6O7. The van der Waals surface area contributed by atoms with E-state index in [1.54, 1.807) is 38.1 Å². The van der Waals surface area contributed by atoms with E-state index in [9.17, 15) is 33.9 Å². The summed E-state index contributed by atoms with van der Waals surface area (Å²) in [6, 6.07) is 9.57. The van der Waals surface area contributed by atoms with Gasteiger partial charge in [-0.15, -0.1) is 0 Å². The fourth-order valence-electron chi connectivity index (χ4n) is 4.15. The highest BCUT2D eigenvalue weighted by Gasteiger charge is 2.30. The zero-order valence-electron chi connectivity index (χ0n) is 23.3. The van der Waals surface area contributed by atoms with Crippen LogP contribution in [0.3, 0.4) is 0 Å². The van der Waals surface area contributed by atoms with Crippen molar-refractivity contribution in [1.29, 1.82) is 0 Å². The Labute approximate surface area is 242 Å². The summed E-state index contributed by atoms with van der Waals surface area (Å²) in [6.07, 6.45) is 2.80. The van der Waals surface area contributed by atoms with Gasteiger partial charge in [0.2, 0.25) is 11.8 Å². The lowest BCUT2D eigenvalue weighted by molar-refractivity contribution is -0.128. The third kappa shape index (κ3) is 8.48. The molecule has 0 bridgehead atoms. The smallest absolute Gasteiger partial charge is 0.312 e. The van der Waals surface area contributed by atoms with Crippen LogP contribution in [0.1, 0.15) is 42.6 Å². The highest BCUT2D eigenvalue weighted by atomic mass is 16.3. The summed E-state index contributed by atoms with van der Waals surface area (Å²) in [5.41, 5.74) is 6.72. The third-order valence-corrected chi connectivity index (χ3v) is 6.44. The van der Waals surface area contributed by atoms with Crippen LogP contribution in [-0.4, -0.2) is 59.3 Å². The molecule has 0 spiro atoms. The lowest BCUT2D eigenvalue weighted by atomic mass is 10.0. The Hall–Kier alpha value is -5.04. The number of hydrogen-bond donors (Lipinski definition) is 6. The van der Waals surface area contributed by atoms with Gasteiger partial charge in [0.1, 0.15) is 12.1 Å². The number of amides is 7. The van der Waals surface area contributed by atoms with Gasteiger partial charge in [-0.2, -0.15) is 0 Å². The van der Waals surface area contributed by atoms with E-state index in [0.29, 0.717) is 23.4 Å². The second-order valence-electron chi connectivity index (χ2n) is 9.93. The van der Waals surface area contributed by atoms with Crippen molar-refractivity contribution in [2.75, 3.05) is 16.8 Å². The first kappa shape index (κ1) is 31.5. The maximum absolute atomic E-state index is 13.3. The number of primary amides is 1. The summed E-state index contributed by atoms with van der Waals surface area (Å²) in [5, 5.41) is 19.8. The van der Waals surface area contributed by atoms with Crippen LogP contribution < -0.4 is 31.9 Å². The second kappa shape index (κ2) is 14.6. The molecule has 13 nitrogen and oxygen atoms in total. The number of benzene rings is 2. The monoisotopic (exact) mass is 578 g/mol. The maximum Gasteiger partial charge on any atom is 0.312 e. The fraction of sp³-hybridized carbons (Fsp3) is 0.310. The van der Waals surface area contributed by atoms with Gasteiger partial charge in [0.05, 0.1) is 12.3 Å². The van der Waals surface area contributed by atoms with E-state index in [0.717, 1.165) is 17.1 Å². The number of anilines is 2. The Morgan fingerprint density at radius 1 is 0.881 bits per heavy atom. The van der Waals surface area contributed by atoms with Crippen molar-refractivity contribution in [3.8, 4) is 0 Å². The first-order chi connectivity index (χ1) is 20.0. The van der Waals surface area contributed by atoms with Gasteiger partial charge in [-0.25, -0.2) is 9.69 Å². The number of rotatable bonds is 13. The number of aliphatic hydroxyl groups excluding tert-OH is 1. The van der Waals surface area contributed by atoms with Gasteiger partial charge in [-0.1, -0.05) is 26.0 Å². The van der Waals surface area contributed by atoms with Crippen LogP contribution >= 0.6 is 0 Å². The van der Waals surface area contributed by atoms with Crippen LogP contribution in [0.4, 0.5) is 16.2 Å². The van der Waals surface area contributed by atoms with E-state index >= 15 is 0 Å². The lowest BCUT2D eigenvalue weighted by Crippen LogP contribution is -2.54. The van der Waals surface area contributed by atoms with Crippen molar-refractivity contribution in [3.05, 3.63) is 71.8 Å². The van der Waals surface area contributed by atoms with Gasteiger partial charge in [-0.3, -0.25) is 24.0 Å². The van der Waals surface area contributed by atoms with E-state index in [1.165, 1.54) is 24.3 Å². The molecule has 2 aromatic rings. The fourth-order valence-corrected chi connectivity index (χ4v) is 4.15. The Morgan fingerprint density at radius 3 is 2.05 bits per heavy atom. The van der Waals surface area contributed by atoms with Gasteiger partial charge in [0.15, 0.2) is 0 Å². The third-order valence-electron chi connectivity index (χ3n) is 6.44. The molecule has 0 fully saturated rings. The molecule has 1 aliphatic heterocycles. The Kier molecular flexibility index (Phi) is 10.9. The van der Waals surface area contributed by atoms with Crippen LogP contribution in [0.15, 0.2) is 60.7 Å². The topological polar surface area (TPSA) is 200 Å². The molecule has 0 aromatic heterocycles. The molecule has 3 rings (SSSR count). The molecule has 13 heteroatoms. The van der Waals surface area contributed by atoms with Gasteiger partial charge in [0, 0.05) is 29.9 Å². The van der Waals surface area contributed by atoms with Gasteiger partial charge in [0.25, 0.3) is 17.7 Å². The van der Waals surface area contributed by atoms with Crippen molar-refractivity contribution in [3.63, 3.8) is 0 Å². The molecule has 0 unspecified atom stereocenters. The number of imide groups is 1. The molecule has 222 valence electrons. The van der Waals surface area contributed by atoms with Crippen LogP contribution in [0.5, 0.6) is 0 Å². The summed E-state index contributed by atoms with van der Waals surface area (Å²) >= 11 is 0. The molecular weight excluding hydrogens is 544 g/mol. The summed E-state index contributed by atoms with van der Waals surface area (Å²) in [5.74, 6) is -2.99. The predicted molar refractivity (Wildman–Crippen MR) is 154 cm³/mol. The van der Waals surface area contributed by atoms with Crippen molar-refractivity contribution in [2.45, 2.75) is 45.4 Å². The van der Waals surface area contributed by atoms with Gasteiger partial charge in [-0.05, 0) is 60.7 Å². The minimum atomic E-state index is -1.01. The molecule has 0 aliphatic carbocycles. The SMILES string of the molecule is CC(C)[C@H](NC(=O)c1ccc(N2C(=O)C=CC2=O)cc1)C(=O)N[C@@H](CCCNC(N)=O)C(=O)Nc1ccc(CO)cc1. The summed E-state index contributed by atoms with van der Waals surface area (Å²) in [7, 11) is 0. The van der Waals surface area contributed by atoms with Gasteiger partial charge < -0.3 is 32.1 Å². The number of carbonyl (C=O) groups excluding carboxylic acids is 6. The zero-order valence-corrected chi connectivity index (χ0v) is 23.3. The van der Waals surface area contributed by atoms with Crippen LogP contribution in [0.25, 0.3) is 0 Å². The molecule has 1 aliphatic rings. The van der Waals surface area contributed by atoms with Crippen LogP contribution in [0, 0.1) is 5.92 Å². The number of nitrogens with one attached hydrogen (secondary N) is 4. The number of hydrogen-bond acceptors (Lipinski definition) is 7. The van der Waals surface area contributed by atoms with Crippen molar-refractivity contribution in [2.24, 2.45) is 11.7 Å². The minimum Gasteiger partial charge on any atom is -0.392 e. The number of nitrogens with two attached hydrogens (primary N) is 1. The van der Waals surface area contributed by atoms with Crippen LogP contribution in [0.2, 0.25) is 0 Å². The molecule has 1 heterocycles. The van der Waals surface area contributed by atoms with E-state index in [1.807, 2.05) is 0 Å². The highest BCUT2D eigenvalue weighted by Crippen LogP contribution is 2.20. The van der Waals surface area contributed by atoms with E-state index in [2.05, 4.69) is 21.3 Å². The van der Waals surface area contributed by atoms with E-state index in [4.69, 9.17) is 5.73 Å². The summed E-state index contributed by atoms with van der Waals surface area (Å²) in [4.78, 5) is 75.3. The Balaban J connectivity index is 1.69. The highest BCUT2D eigenvalue weighted by molar-refractivity contribution is 6.28. The number of nitrogens with zero attached hydrogens (tertiary/aromatic N) is 1. The Bertz CT molecular complexity index is 1340. The number of aliphatic hydroxyl groups is 1. The second-order valence-corrected chi connectivity index (χ2v) is 9.93. The summed E-state index contributed by atoms with van der Waals surface area (Å²) < 4.78 is 0. The first-order valence-electron chi connectivity index (χ1n) is 13.3. The van der Waals surface area contributed by atoms with Crippen molar-refractivity contribution in [1.82, 2.24) is 16.0 Å². The molecule has 0 radical (unpaired) electrons. The van der Waals surface area contributed by atoms with E-state index < -0.39 is 47.7 Å². The lowest BCUT2D eigenvalue weighted by Gasteiger charge is -2.25. The average Bonchev–Trinajstić information content (AvgIpc) is 3.30. The molecule has 42 heavy (non-hydrogen) atoms. The molecule has 2 aromatic carbocycles. The van der Waals surface area contributed by atoms with E-state index in [-0.39, 0.29) is 31.1 Å². The summed E-state index contributed by atoms with van der Waals surface area (Å²) in [6.45, 7) is 3.51.